The van der Waals surface area contributed by atoms with E-state index in [4.69, 9.17) is 4.74 Å². The summed E-state index contributed by atoms with van der Waals surface area (Å²) in [6.45, 7) is 1.39. The number of benzene rings is 1. The number of imidazole rings is 1. The molecule has 0 spiro atoms. The van der Waals surface area contributed by atoms with Crippen molar-refractivity contribution in [3.63, 3.8) is 0 Å². The van der Waals surface area contributed by atoms with Crippen LogP contribution in [0.15, 0.2) is 29.1 Å². The van der Waals surface area contributed by atoms with Gasteiger partial charge in [-0.1, -0.05) is 12.1 Å². The van der Waals surface area contributed by atoms with Crippen LogP contribution in [0.4, 0.5) is 0 Å². The summed E-state index contributed by atoms with van der Waals surface area (Å²) in [5.41, 5.74) is 1.83. The van der Waals surface area contributed by atoms with E-state index in [-0.39, 0.29) is 11.7 Å². The molecule has 3 rings (SSSR count). The van der Waals surface area contributed by atoms with Crippen molar-refractivity contribution in [1.82, 2.24) is 9.55 Å². The lowest BCUT2D eigenvalue weighted by atomic mass is 10.2. The molecule has 1 fully saturated rings. The van der Waals surface area contributed by atoms with E-state index < -0.39 is 0 Å². The molecule has 1 N–H and O–H groups in total. The Labute approximate surface area is 86.5 Å². The van der Waals surface area contributed by atoms with Gasteiger partial charge in [-0.25, -0.2) is 4.79 Å². The van der Waals surface area contributed by atoms with E-state index in [1.165, 1.54) is 0 Å². The van der Waals surface area contributed by atoms with Crippen molar-refractivity contribution in [3.05, 3.63) is 34.7 Å². The quantitative estimate of drug-likeness (QED) is 0.760. The zero-order valence-electron chi connectivity index (χ0n) is 8.27. The van der Waals surface area contributed by atoms with Crippen molar-refractivity contribution >= 4 is 11.0 Å². The summed E-state index contributed by atoms with van der Waals surface area (Å²) in [6.07, 6.45) is 0.918. The van der Waals surface area contributed by atoms with Crippen LogP contribution < -0.4 is 5.69 Å². The van der Waals surface area contributed by atoms with Gasteiger partial charge >= 0.3 is 5.69 Å². The molecule has 1 aliphatic rings. The van der Waals surface area contributed by atoms with Gasteiger partial charge in [-0.2, -0.15) is 0 Å². The molecule has 1 aliphatic heterocycles. The number of aromatic nitrogens is 2. The molecule has 0 saturated carbocycles. The van der Waals surface area contributed by atoms with Gasteiger partial charge < -0.3 is 9.72 Å². The summed E-state index contributed by atoms with van der Waals surface area (Å²) >= 11 is 0. The summed E-state index contributed by atoms with van der Waals surface area (Å²) in [7, 11) is 0. The number of ether oxygens (including phenoxy) is 1. The standard InChI is InChI=1S/C11H12N2O2/c14-11-12-9-3-1-2-4-10(9)13(11)8-5-6-15-7-8/h1-4,8H,5-7H2,(H,12,14). The highest BCUT2D eigenvalue weighted by Gasteiger charge is 2.21. The second-order valence-electron chi connectivity index (χ2n) is 3.83. The maximum atomic E-state index is 11.8. The third-order valence-electron chi connectivity index (χ3n) is 2.89. The van der Waals surface area contributed by atoms with Crippen molar-refractivity contribution < 1.29 is 4.74 Å². The van der Waals surface area contributed by atoms with Crippen LogP contribution in [-0.2, 0) is 4.74 Å². The highest BCUT2D eigenvalue weighted by Crippen LogP contribution is 2.21. The van der Waals surface area contributed by atoms with Gasteiger partial charge in [0.15, 0.2) is 0 Å². The molecular weight excluding hydrogens is 192 g/mol. The summed E-state index contributed by atoms with van der Waals surface area (Å²) in [5.74, 6) is 0. The molecule has 15 heavy (non-hydrogen) atoms. The zero-order chi connectivity index (χ0) is 10.3. The smallest absolute Gasteiger partial charge is 0.326 e. The van der Waals surface area contributed by atoms with Gasteiger partial charge in [0.1, 0.15) is 0 Å². The number of hydrogen-bond acceptors (Lipinski definition) is 2. The molecule has 1 saturated heterocycles. The topological polar surface area (TPSA) is 47.0 Å². The Balaban J connectivity index is 2.23. The molecule has 0 aliphatic carbocycles. The summed E-state index contributed by atoms with van der Waals surface area (Å²) in [5, 5.41) is 0. The molecule has 1 unspecified atom stereocenters. The van der Waals surface area contributed by atoms with Gasteiger partial charge in [0, 0.05) is 6.61 Å². The van der Waals surface area contributed by atoms with E-state index in [0.29, 0.717) is 6.61 Å². The second-order valence-corrected chi connectivity index (χ2v) is 3.83. The Hall–Kier alpha value is -1.55. The fourth-order valence-electron chi connectivity index (χ4n) is 2.16. The van der Waals surface area contributed by atoms with Gasteiger partial charge in [0.2, 0.25) is 0 Å². The zero-order valence-corrected chi connectivity index (χ0v) is 8.27. The maximum absolute atomic E-state index is 11.8. The van der Waals surface area contributed by atoms with Crippen molar-refractivity contribution in [3.8, 4) is 0 Å². The SMILES string of the molecule is O=c1[nH]c2ccccc2n1C1CCOC1. The molecule has 2 heterocycles. The lowest BCUT2D eigenvalue weighted by Gasteiger charge is -2.08. The predicted octanol–water partition coefficient (Wildman–Crippen LogP) is 1.29. The lowest BCUT2D eigenvalue weighted by Crippen LogP contribution is -2.22. The first-order valence-electron chi connectivity index (χ1n) is 5.13. The van der Waals surface area contributed by atoms with Gasteiger partial charge in [0.05, 0.1) is 23.7 Å². The fraction of sp³-hybridized carbons (Fsp3) is 0.364. The van der Waals surface area contributed by atoms with Gasteiger partial charge in [-0.15, -0.1) is 0 Å². The Morgan fingerprint density at radius 3 is 3.07 bits per heavy atom. The monoisotopic (exact) mass is 204 g/mol. The minimum Gasteiger partial charge on any atom is -0.379 e. The average molecular weight is 204 g/mol. The summed E-state index contributed by atoms with van der Waals surface area (Å²) in [4.78, 5) is 14.6. The molecule has 2 aromatic rings. The van der Waals surface area contributed by atoms with Crippen LogP contribution in [0.25, 0.3) is 11.0 Å². The Kier molecular flexibility index (Phi) is 1.89. The molecule has 0 amide bonds. The predicted molar refractivity (Wildman–Crippen MR) is 57.0 cm³/mol. The summed E-state index contributed by atoms with van der Waals surface area (Å²) in [6, 6.07) is 7.94. The number of fused-ring (bicyclic) bond motifs is 1. The summed E-state index contributed by atoms with van der Waals surface area (Å²) < 4.78 is 7.12. The number of aromatic amines is 1. The largest absolute Gasteiger partial charge is 0.379 e. The molecule has 1 atom stereocenters. The van der Waals surface area contributed by atoms with E-state index in [1.54, 1.807) is 0 Å². The molecule has 1 aromatic heterocycles. The van der Waals surface area contributed by atoms with E-state index in [9.17, 15) is 4.79 Å². The Morgan fingerprint density at radius 2 is 2.27 bits per heavy atom. The van der Waals surface area contributed by atoms with Gasteiger partial charge in [-0.05, 0) is 18.6 Å². The molecule has 1 aromatic carbocycles. The number of hydrogen-bond donors (Lipinski definition) is 1. The van der Waals surface area contributed by atoms with Crippen molar-refractivity contribution in [1.29, 1.82) is 0 Å². The number of rotatable bonds is 1. The fourth-order valence-corrected chi connectivity index (χ4v) is 2.16. The van der Waals surface area contributed by atoms with Crippen molar-refractivity contribution in [2.75, 3.05) is 13.2 Å². The van der Waals surface area contributed by atoms with E-state index in [1.807, 2.05) is 28.8 Å². The first-order chi connectivity index (χ1) is 7.36. The van der Waals surface area contributed by atoms with Crippen LogP contribution in [0, 0.1) is 0 Å². The molecular formula is C11H12N2O2. The number of nitrogens with zero attached hydrogens (tertiary/aromatic N) is 1. The van der Waals surface area contributed by atoms with Crippen molar-refractivity contribution in [2.24, 2.45) is 0 Å². The van der Waals surface area contributed by atoms with Gasteiger partial charge in [-0.3, -0.25) is 4.57 Å². The minimum absolute atomic E-state index is 0.0355. The van der Waals surface area contributed by atoms with Crippen LogP contribution in [0.5, 0.6) is 0 Å². The van der Waals surface area contributed by atoms with Crippen LogP contribution in [-0.4, -0.2) is 22.8 Å². The van der Waals surface area contributed by atoms with Crippen LogP contribution in [0.3, 0.4) is 0 Å². The first-order valence-corrected chi connectivity index (χ1v) is 5.13. The number of nitrogens with one attached hydrogen (secondary N) is 1. The average Bonchev–Trinajstić information content (AvgIpc) is 2.82. The van der Waals surface area contributed by atoms with Crippen LogP contribution >= 0.6 is 0 Å². The maximum Gasteiger partial charge on any atom is 0.326 e. The van der Waals surface area contributed by atoms with Crippen LogP contribution in [0.1, 0.15) is 12.5 Å². The first kappa shape index (κ1) is 8.73. The third kappa shape index (κ3) is 1.29. The van der Waals surface area contributed by atoms with E-state index in [0.717, 1.165) is 24.1 Å². The van der Waals surface area contributed by atoms with Crippen molar-refractivity contribution in [2.45, 2.75) is 12.5 Å². The third-order valence-corrected chi connectivity index (χ3v) is 2.89. The van der Waals surface area contributed by atoms with E-state index in [2.05, 4.69) is 4.98 Å². The minimum atomic E-state index is -0.0355. The molecule has 0 radical (unpaired) electrons. The Bertz CT molecular complexity index is 535. The second kappa shape index (κ2) is 3.24. The van der Waals surface area contributed by atoms with Crippen LogP contribution in [0.2, 0.25) is 0 Å². The molecule has 78 valence electrons. The molecule has 4 nitrogen and oxygen atoms in total. The number of H-pyrrole nitrogens is 1. The normalized spacial score (nSPS) is 21.2. The number of para-hydroxylation sites is 2. The Morgan fingerprint density at radius 1 is 1.40 bits per heavy atom. The highest BCUT2D eigenvalue weighted by atomic mass is 16.5. The van der Waals surface area contributed by atoms with E-state index >= 15 is 0 Å². The molecule has 4 heteroatoms. The highest BCUT2D eigenvalue weighted by molar-refractivity contribution is 5.75. The lowest BCUT2D eigenvalue weighted by molar-refractivity contribution is 0.186. The van der Waals surface area contributed by atoms with Gasteiger partial charge in [0.25, 0.3) is 0 Å². The molecule has 0 bridgehead atoms.